The fourth-order valence-corrected chi connectivity index (χ4v) is 2.17. The first kappa shape index (κ1) is 12.7. The molecule has 0 saturated heterocycles. The van der Waals surface area contributed by atoms with Crippen LogP contribution in [0.5, 0.6) is 0 Å². The number of aromatic nitrogens is 2. The van der Waals surface area contributed by atoms with Gasteiger partial charge in [0.05, 0.1) is 12.1 Å². The summed E-state index contributed by atoms with van der Waals surface area (Å²) in [5, 5.41) is 9.15. The summed E-state index contributed by atoms with van der Waals surface area (Å²) in [6.07, 6.45) is 8.27. The van der Waals surface area contributed by atoms with Crippen molar-refractivity contribution in [1.29, 1.82) is 0 Å². The van der Waals surface area contributed by atoms with Crippen LogP contribution < -0.4 is 0 Å². The average Bonchev–Trinajstić information content (AvgIpc) is 2.32. The topological polar surface area (TPSA) is 80.2 Å². The minimum absolute atomic E-state index is 0.0184. The Morgan fingerprint density at radius 3 is 2.67 bits per heavy atom. The lowest BCUT2D eigenvalue weighted by molar-refractivity contribution is -0.142. The summed E-state index contributed by atoms with van der Waals surface area (Å²) >= 11 is 0. The van der Waals surface area contributed by atoms with Crippen LogP contribution in [0, 0.1) is 11.8 Å². The van der Waals surface area contributed by atoms with Crippen LogP contribution in [0.15, 0.2) is 18.6 Å². The van der Waals surface area contributed by atoms with Crippen molar-refractivity contribution in [3.05, 3.63) is 24.3 Å². The van der Waals surface area contributed by atoms with Crippen molar-refractivity contribution in [2.45, 2.75) is 32.1 Å². The van der Waals surface area contributed by atoms with Crippen LogP contribution in [-0.4, -0.2) is 26.8 Å². The SMILES string of the molecule is O=C(C[C@@H](CC1CCC1)C(=O)O)c1cnccn1. The lowest BCUT2D eigenvalue weighted by atomic mass is 9.78. The van der Waals surface area contributed by atoms with E-state index in [9.17, 15) is 9.59 Å². The highest BCUT2D eigenvalue weighted by atomic mass is 16.4. The molecule has 0 spiro atoms. The number of carboxylic acids is 1. The molecule has 2 rings (SSSR count). The van der Waals surface area contributed by atoms with Crippen LogP contribution in [0.3, 0.4) is 0 Å². The summed E-state index contributed by atoms with van der Waals surface area (Å²) < 4.78 is 0. The summed E-state index contributed by atoms with van der Waals surface area (Å²) in [7, 11) is 0. The number of hydrogen-bond acceptors (Lipinski definition) is 4. The second kappa shape index (κ2) is 5.71. The molecule has 0 unspecified atom stereocenters. The van der Waals surface area contributed by atoms with Crippen molar-refractivity contribution < 1.29 is 14.7 Å². The number of nitrogens with zero attached hydrogens (tertiary/aromatic N) is 2. The maximum Gasteiger partial charge on any atom is 0.306 e. The standard InChI is InChI=1S/C13H16N2O3/c16-12(11-8-14-4-5-15-11)7-10(13(17)18)6-9-2-1-3-9/h4-5,8-10H,1-3,6-7H2,(H,17,18)/t10-/m1/s1. The zero-order chi connectivity index (χ0) is 13.0. The number of hydrogen-bond donors (Lipinski definition) is 1. The number of ketones is 1. The molecule has 1 heterocycles. The summed E-state index contributed by atoms with van der Waals surface area (Å²) in [6, 6.07) is 0. The van der Waals surface area contributed by atoms with Crippen LogP contribution in [0.4, 0.5) is 0 Å². The molecule has 5 heteroatoms. The molecule has 18 heavy (non-hydrogen) atoms. The average molecular weight is 248 g/mol. The number of aliphatic carboxylic acids is 1. The van der Waals surface area contributed by atoms with Gasteiger partial charge in [0.25, 0.3) is 0 Å². The molecule has 0 aliphatic heterocycles. The highest BCUT2D eigenvalue weighted by Gasteiger charge is 2.28. The number of carbonyl (C=O) groups is 2. The van der Waals surface area contributed by atoms with E-state index in [-0.39, 0.29) is 17.9 Å². The number of Topliss-reactive ketones (excluding diaryl/α,β-unsaturated/α-hetero) is 1. The molecular formula is C13H16N2O3. The largest absolute Gasteiger partial charge is 0.481 e. The third-order valence-corrected chi connectivity index (χ3v) is 3.47. The third-order valence-electron chi connectivity index (χ3n) is 3.47. The second-order valence-corrected chi connectivity index (χ2v) is 4.79. The van der Waals surface area contributed by atoms with Crippen molar-refractivity contribution in [1.82, 2.24) is 9.97 Å². The van der Waals surface area contributed by atoms with E-state index in [4.69, 9.17) is 5.11 Å². The van der Waals surface area contributed by atoms with Crippen molar-refractivity contribution in [3.63, 3.8) is 0 Å². The Hall–Kier alpha value is -1.78. The lowest BCUT2D eigenvalue weighted by Crippen LogP contribution is -2.24. The first-order valence-electron chi connectivity index (χ1n) is 6.19. The summed E-state index contributed by atoms with van der Waals surface area (Å²) in [6.45, 7) is 0. The van der Waals surface area contributed by atoms with Crippen LogP contribution in [-0.2, 0) is 4.79 Å². The van der Waals surface area contributed by atoms with Gasteiger partial charge in [-0.3, -0.25) is 14.6 Å². The molecular weight excluding hydrogens is 232 g/mol. The van der Waals surface area contributed by atoms with Gasteiger partial charge in [-0.15, -0.1) is 0 Å². The Kier molecular flexibility index (Phi) is 4.02. The molecule has 1 saturated carbocycles. The van der Waals surface area contributed by atoms with Gasteiger partial charge in [-0.25, -0.2) is 4.98 Å². The number of rotatable bonds is 6. The maximum atomic E-state index is 11.9. The molecule has 1 atom stereocenters. The molecule has 5 nitrogen and oxygen atoms in total. The van der Waals surface area contributed by atoms with Crippen molar-refractivity contribution >= 4 is 11.8 Å². The molecule has 0 bridgehead atoms. The maximum absolute atomic E-state index is 11.9. The number of carbonyl (C=O) groups excluding carboxylic acids is 1. The molecule has 0 amide bonds. The molecule has 1 fully saturated rings. The smallest absolute Gasteiger partial charge is 0.306 e. The quantitative estimate of drug-likeness (QED) is 0.778. The van der Waals surface area contributed by atoms with Gasteiger partial charge < -0.3 is 5.11 Å². The van der Waals surface area contributed by atoms with Gasteiger partial charge in [0.15, 0.2) is 5.78 Å². The van der Waals surface area contributed by atoms with Gasteiger partial charge >= 0.3 is 5.97 Å². The minimum atomic E-state index is -0.890. The van der Waals surface area contributed by atoms with Gasteiger partial charge in [0, 0.05) is 18.8 Å². The van der Waals surface area contributed by atoms with Crippen molar-refractivity contribution in [2.75, 3.05) is 0 Å². The van der Waals surface area contributed by atoms with Crippen molar-refractivity contribution in [3.8, 4) is 0 Å². The predicted octanol–water partition coefficient (Wildman–Crippen LogP) is 1.94. The van der Waals surface area contributed by atoms with Crippen molar-refractivity contribution in [2.24, 2.45) is 11.8 Å². The molecule has 1 aromatic rings. The highest BCUT2D eigenvalue weighted by molar-refractivity contribution is 5.96. The predicted molar refractivity (Wildman–Crippen MR) is 64.1 cm³/mol. The Morgan fingerprint density at radius 1 is 1.39 bits per heavy atom. The van der Waals surface area contributed by atoms with E-state index in [1.165, 1.54) is 25.0 Å². The molecule has 1 aliphatic rings. The third kappa shape index (κ3) is 3.12. The minimum Gasteiger partial charge on any atom is -0.481 e. The van der Waals surface area contributed by atoms with Crippen LogP contribution in [0.1, 0.15) is 42.6 Å². The van der Waals surface area contributed by atoms with Gasteiger partial charge in [0.2, 0.25) is 0 Å². The zero-order valence-electron chi connectivity index (χ0n) is 10.1. The van der Waals surface area contributed by atoms with Gasteiger partial charge in [-0.05, 0) is 12.3 Å². The molecule has 1 N–H and O–H groups in total. The normalized spacial score (nSPS) is 16.9. The Balaban J connectivity index is 1.95. The first-order chi connectivity index (χ1) is 8.66. The van der Waals surface area contributed by atoms with Crippen LogP contribution >= 0.6 is 0 Å². The van der Waals surface area contributed by atoms with E-state index < -0.39 is 11.9 Å². The summed E-state index contributed by atoms with van der Waals surface area (Å²) in [4.78, 5) is 30.7. The van der Waals surface area contributed by atoms with E-state index in [0.29, 0.717) is 12.3 Å². The van der Waals surface area contributed by atoms with Gasteiger partial charge in [-0.2, -0.15) is 0 Å². The molecule has 96 valence electrons. The van der Waals surface area contributed by atoms with Gasteiger partial charge in [0.1, 0.15) is 5.69 Å². The summed E-state index contributed by atoms with van der Waals surface area (Å²) in [5.41, 5.74) is 0.248. The molecule has 1 aliphatic carbocycles. The van der Waals surface area contributed by atoms with E-state index in [1.54, 1.807) is 0 Å². The Labute approximate surface area is 105 Å². The van der Waals surface area contributed by atoms with E-state index in [1.807, 2.05) is 0 Å². The van der Waals surface area contributed by atoms with Gasteiger partial charge in [-0.1, -0.05) is 19.3 Å². The fraction of sp³-hybridized carbons (Fsp3) is 0.538. The monoisotopic (exact) mass is 248 g/mol. The van der Waals surface area contributed by atoms with Crippen LogP contribution in [0.25, 0.3) is 0 Å². The fourth-order valence-electron chi connectivity index (χ4n) is 2.17. The van der Waals surface area contributed by atoms with Crippen LogP contribution in [0.2, 0.25) is 0 Å². The Bertz CT molecular complexity index is 429. The zero-order valence-corrected chi connectivity index (χ0v) is 10.1. The highest BCUT2D eigenvalue weighted by Crippen LogP contribution is 2.33. The summed E-state index contributed by atoms with van der Waals surface area (Å²) in [5.74, 6) is -1.25. The second-order valence-electron chi connectivity index (χ2n) is 4.79. The molecule has 0 aromatic carbocycles. The molecule has 0 radical (unpaired) electrons. The Morgan fingerprint density at radius 2 is 2.17 bits per heavy atom. The van der Waals surface area contributed by atoms with E-state index >= 15 is 0 Å². The van der Waals surface area contributed by atoms with E-state index in [0.717, 1.165) is 12.8 Å². The lowest BCUT2D eigenvalue weighted by Gasteiger charge is -2.27. The first-order valence-corrected chi connectivity index (χ1v) is 6.19. The molecule has 1 aromatic heterocycles. The van der Waals surface area contributed by atoms with E-state index in [2.05, 4.69) is 9.97 Å². The number of carboxylic acid groups (broad SMARTS) is 1.